The molecule has 0 saturated carbocycles. The fourth-order valence-electron chi connectivity index (χ4n) is 2.71. The van der Waals surface area contributed by atoms with Crippen LogP contribution >= 0.6 is 0 Å². The molecule has 1 aliphatic rings. The summed E-state index contributed by atoms with van der Waals surface area (Å²) in [5, 5.41) is 4.06. The van der Waals surface area contributed by atoms with Gasteiger partial charge in [0.1, 0.15) is 6.04 Å². The minimum absolute atomic E-state index is 0.176. The van der Waals surface area contributed by atoms with Crippen molar-refractivity contribution >= 4 is 5.97 Å². The molecule has 21 heavy (non-hydrogen) atoms. The van der Waals surface area contributed by atoms with E-state index in [1.165, 1.54) is 7.11 Å². The summed E-state index contributed by atoms with van der Waals surface area (Å²) in [6, 6.07) is 5.28. The lowest BCUT2D eigenvalue weighted by molar-refractivity contribution is -0.148. The Hall–Kier alpha value is -2.08. The van der Waals surface area contributed by atoms with Crippen molar-refractivity contribution in [1.29, 1.82) is 0 Å². The standard InChI is InChI=1S/C15H18N2O4/c1-19-15(18)12-5-2-3-7-17(12)10-11-9-14(21-16-11)13-6-4-8-20-13/h4,6,8-9,12H,2-3,5,7,10H2,1H3/t12-/m1/s1. The van der Waals surface area contributed by atoms with Gasteiger partial charge in [-0.3, -0.25) is 9.69 Å². The van der Waals surface area contributed by atoms with Crippen molar-refractivity contribution in [2.24, 2.45) is 0 Å². The molecule has 0 N–H and O–H groups in total. The third-order valence-corrected chi connectivity index (χ3v) is 3.77. The van der Waals surface area contributed by atoms with Gasteiger partial charge in [0.25, 0.3) is 0 Å². The second-order valence-corrected chi connectivity index (χ2v) is 5.17. The van der Waals surface area contributed by atoms with Crippen LogP contribution in [0.1, 0.15) is 25.0 Å². The van der Waals surface area contributed by atoms with Crippen molar-refractivity contribution in [2.45, 2.75) is 31.8 Å². The van der Waals surface area contributed by atoms with E-state index in [0.717, 1.165) is 31.5 Å². The van der Waals surface area contributed by atoms with Crippen LogP contribution in [0.25, 0.3) is 11.5 Å². The quantitative estimate of drug-likeness (QED) is 0.806. The summed E-state index contributed by atoms with van der Waals surface area (Å²) in [7, 11) is 1.43. The summed E-state index contributed by atoms with van der Waals surface area (Å²) in [6.07, 6.45) is 4.55. The number of carbonyl (C=O) groups excluding carboxylic acids is 1. The number of rotatable bonds is 4. The SMILES string of the molecule is COC(=O)[C@H]1CCCCN1Cc1cc(-c2ccco2)on1. The van der Waals surface area contributed by atoms with Gasteiger partial charge in [-0.2, -0.15) is 0 Å². The van der Waals surface area contributed by atoms with Gasteiger partial charge >= 0.3 is 5.97 Å². The number of carbonyl (C=O) groups is 1. The Morgan fingerprint density at radius 1 is 1.48 bits per heavy atom. The molecule has 2 aromatic rings. The van der Waals surface area contributed by atoms with Crippen LogP contribution in [0, 0.1) is 0 Å². The topological polar surface area (TPSA) is 68.7 Å². The minimum atomic E-state index is -0.187. The number of likely N-dealkylation sites (tertiary alicyclic amines) is 1. The molecule has 0 unspecified atom stereocenters. The third-order valence-electron chi connectivity index (χ3n) is 3.77. The zero-order chi connectivity index (χ0) is 14.7. The van der Waals surface area contributed by atoms with Gasteiger partial charge in [0, 0.05) is 12.6 Å². The fraction of sp³-hybridized carbons (Fsp3) is 0.467. The molecule has 3 heterocycles. The molecule has 0 spiro atoms. The van der Waals surface area contributed by atoms with Gasteiger partial charge in [0.2, 0.25) is 5.76 Å². The summed E-state index contributed by atoms with van der Waals surface area (Å²) < 4.78 is 15.4. The number of piperidine rings is 1. The van der Waals surface area contributed by atoms with Crippen molar-refractivity contribution in [3.63, 3.8) is 0 Å². The maximum atomic E-state index is 11.8. The summed E-state index contributed by atoms with van der Waals surface area (Å²) in [5.41, 5.74) is 0.789. The Balaban J connectivity index is 1.71. The molecule has 1 saturated heterocycles. The zero-order valence-electron chi connectivity index (χ0n) is 11.9. The van der Waals surface area contributed by atoms with E-state index >= 15 is 0 Å². The largest absolute Gasteiger partial charge is 0.468 e. The normalized spacial score (nSPS) is 19.6. The molecule has 6 heteroatoms. The van der Waals surface area contributed by atoms with Crippen LogP contribution in [0.4, 0.5) is 0 Å². The number of aromatic nitrogens is 1. The van der Waals surface area contributed by atoms with E-state index < -0.39 is 0 Å². The summed E-state index contributed by atoms with van der Waals surface area (Å²) in [6.45, 7) is 1.44. The van der Waals surface area contributed by atoms with Crippen molar-refractivity contribution in [1.82, 2.24) is 10.1 Å². The van der Waals surface area contributed by atoms with Gasteiger partial charge in [0.05, 0.1) is 19.1 Å². The second kappa shape index (κ2) is 6.13. The number of hydrogen-bond donors (Lipinski definition) is 0. The van der Waals surface area contributed by atoms with Crippen LogP contribution in [0.15, 0.2) is 33.4 Å². The summed E-state index contributed by atoms with van der Waals surface area (Å²) in [5.74, 6) is 1.07. The first-order valence-electron chi connectivity index (χ1n) is 7.09. The highest BCUT2D eigenvalue weighted by molar-refractivity contribution is 5.75. The number of esters is 1. The van der Waals surface area contributed by atoms with Crippen molar-refractivity contribution < 1.29 is 18.5 Å². The molecule has 2 aromatic heterocycles. The maximum absolute atomic E-state index is 11.8. The van der Waals surface area contributed by atoms with Gasteiger partial charge in [-0.25, -0.2) is 0 Å². The lowest BCUT2D eigenvalue weighted by Gasteiger charge is -2.32. The molecule has 0 amide bonds. The molecule has 3 rings (SSSR count). The zero-order valence-corrected chi connectivity index (χ0v) is 11.9. The minimum Gasteiger partial charge on any atom is -0.468 e. The monoisotopic (exact) mass is 290 g/mol. The second-order valence-electron chi connectivity index (χ2n) is 5.17. The Morgan fingerprint density at radius 3 is 3.14 bits per heavy atom. The Bertz CT molecular complexity index is 591. The van der Waals surface area contributed by atoms with E-state index in [9.17, 15) is 4.79 Å². The fourth-order valence-corrected chi connectivity index (χ4v) is 2.71. The molecule has 0 aromatic carbocycles. The average Bonchev–Trinajstić information content (AvgIpc) is 3.18. The van der Waals surface area contributed by atoms with Gasteiger partial charge < -0.3 is 13.7 Å². The molecular formula is C15H18N2O4. The maximum Gasteiger partial charge on any atom is 0.323 e. The lowest BCUT2D eigenvalue weighted by atomic mass is 10.0. The van der Waals surface area contributed by atoms with E-state index in [4.69, 9.17) is 13.7 Å². The van der Waals surface area contributed by atoms with Crippen molar-refractivity contribution in [2.75, 3.05) is 13.7 Å². The predicted octanol–water partition coefficient (Wildman–Crippen LogP) is 2.46. The highest BCUT2D eigenvalue weighted by atomic mass is 16.5. The van der Waals surface area contributed by atoms with Gasteiger partial charge in [-0.05, 0) is 31.5 Å². The lowest BCUT2D eigenvalue weighted by Crippen LogP contribution is -2.44. The van der Waals surface area contributed by atoms with Crippen LogP contribution in [-0.4, -0.2) is 35.7 Å². The Labute approximate surface area is 122 Å². The first-order chi connectivity index (χ1) is 10.3. The van der Waals surface area contributed by atoms with E-state index in [0.29, 0.717) is 18.1 Å². The number of nitrogens with zero attached hydrogens (tertiary/aromatic N) is 2. The molecule has 1 fully saturated rings. The number of ether oxygens (including phenoxy) is 1. The molecule has 1 atom stereocenters. The Morgan fingerprint density at radius 2 is 2.38 bits per heavy atom. The van der Waals surface area contributed by atoms with Gasteiger partial charge in [0.15, 0.2) is 5.76 Å². The van der Waals surface area contributed by atoms with E-state index in [-0.39, 0.29) is 12.0 Å². The third kappa shape index (κ3) is 3.00. The molecule has 6 nitrogen and oxygen atoms in total. The molecule has 1 aliphatic heterocycles. The molecular weight excluding hydrogens is 272 g/mol. The smallest absolute Gasteiger partial charge is 0.323 e. The first kappa shape index (κ1) is 13.9. The van der Waals surface area contributed by atoms with E-state index in [1.807, 2.05) is 12.1 Å². The van der Waals surface area contributed by atoms with Crippen molar-refractivity contribution in [3.05, 3.63) is 30.2 Å². The molecule has 0 bridgehead atoms. The van der Waals surface area contributed by atoms with Crippen LogP contribution in [0.3, 0.4) is 0 Å². The van der Waals surface area contributed by atoms with Crippen LogP contribution in [0.5, 0.6) is 0 Å². The van der Waals surface area contributed by atoms with E-state index in [1.54, 1.807) is 12.3 Å². The van der Waals surface area contributed by atoms with Gasteiger partial charge in [-0.1, -0.05) is 11.6 Å². The number of furan rings is 1. The highest BCUT2D eigenvalue weighted by Gasteiger charge is 2.30. The predicted molar refractivity (Wildman–Crippen MR) is 74.3 cm³/mol. The van der Waals surface area contributed by atoms with Crippen LogP contribution in [0.2, 0.25) is 0 Å². The average molecular weight is 290 g/mol. The summed E-state index contributed by atoms with van der Waals surface area (Å²) in [4.78, 5) is 13.9. The number of hydrogen-bond acceptors (Lipinski definition) is 6. The van der Waals surface area contributed by atoms with E-state index in [2.05, 4.69) is 10.1 Å². The van der Waals surface area contributed by atoms with Gasteiger partial charge in [-0.15, -0.1) is 0 Å². The highest BCUT2D eigenvalue weighted by Crippen LogP contribution is 2.24. The molecule has 112 valence electrons. The Kier molecular flexibility index (Phi) is 4.06. The first-order valence-corrected chi connectivity index (χ1v) is 7.09. The molecule has 0 aliphatic carbocycles. The number of methoxy groups -OCH3 is 1. The van der Waals surface area contributed by atoms with Crippen molar-refractivity contribution in [3.8, 4) is 11.5 Å². The summed E-state index contributed by atoms with van der Waals surface area (Å²) >= 11 is 0. The molecule has 0 radical (unpaired) electrons. The van der Waals surface area contributed by atoms with Crippen LogP contribution < -0.4 is 0 Å². The van der Waals surface area contributed by atoms with Crippen LogP contribution in [-0.2, 0) is 16.1 Å².